The van der Waals surface area contributed by atoms with E-state index >= 15 is 0 Å². The van der Waals surface area contributed by atoms with Crippen LogP contribution in [0.5, 0.6) is 0 Å². The summed E-state index contributed by atoms with van der Waals surface area (Å²) in [6.07, 6.45) is 10.0. The molecule has 1 aromatic carbocycles. The van der Waals surface area contributed by atoms with Gasteiger partial charge in [-0.25, -0.2) is 0 Å². The predicted molar refractivity (Wildman–Crippen MR) is 96.1 cm³/mol. The van der Waals surface area contributed by atoms with E-state index in [1.165, 1.54) is 21.9 Å². The Morgan fingerprint density at radius 3 is 2.52 bits per heavy atom. The third kappa shape index (κ3) is 2.43. The third-order valence-corrected chi connectivity index (χ3v) is 8.59. The van der Waals surface area contributed by atoms with Crippen LogP contribution in [0.1, 0.15) is 32.8 Å². The average molecular weight is 313 g/mol. The van der Waals surface area contributed by atoms with Crippen LogP contribution in [-0.2, 0) is 0 Å². The highest BCUT2D eigenvalue weighted by atomic mass is 35.6. The van der Waals surface area contributed by atoms with Crippen molar-refractivity contribution in [3.05, 3.63) is 65.8 Å². The van der Waals surface area contributed by atoms with Gasteiger partial charge in [0.2, 0.25) is 0 Å². The summed E-state index contributed by atoms with van der Waals surface area (Å²) in [6.45, 7) is 6.90. The Morgan fingerprint density at radius 2 is 1.90 bits per heavy atom. The second-order valence-electron chi connectivity index (χ2n) is 6.26. The molecule has 1 aliphatic carbocycles. The molecule has 1 aliphatic heterocycles. The van der Waals surface area contributed by atoms with Crippen molar-refractivity contribution in [2.75, 3.05) is 0 Å². The van der Waals surface area contributed by atoms with E-state index in [-0.39, 0.29) is 5.41 Å². The summed E-state index contributed by atoms with van der Waals surface area (Å²) < 4.78 is 0. The van der Waals surface area contributed by atoms with Crippen LogP contribution in [0, 0.1) is 5.41 Å². The maximum atomic E-state index is 6.81. The molecule has 0 aromatic heterocycles. The minimum absolute atomic E-state index is 0.0991. The highest BCUT2D eigenvalue weighted by Crippen LogP contribution is 2.49. The number of hydrogen-bond acceptors (Lipinski definition) is 0. The largest absolute Gasteiger partial charge is 0.138 e. The Labute approximate surface area is 133 Å². The molecule has 0 saturated carbocycles. The first-order valence-electron chi connectivity index (χ1n) is 7.55. The van der Waals surface area contributed by atoms with Crippen molar-refractivity contribution >= 4 is 29.5 Å². The van der Waals surface area contributed by atoms with Crippen molar-refractivity contribution in [3.63, 3.8) is 0 Å². The maximum absolute atomic E-state index is 6.81. The van der Waals surface area contributed by atoms with Crippen LogP contribution in [0.3, 0.4) is 0 Å². The molecule has 2 unspecified atom stereocenters. The molecule has 0 fully saturated rings. The van der Waals surface area contributed by atoms with E-state index in [4.69, 9.17) is 11.1 Å². The molecule has 21 heavy (non-hydrogen) atoms. The van der Waals surface area contributed by atoms with Crippen molar-refractivity contribution in [2.45, 2.75) is 32.7 Å². The molecule has 2 atom stereocenters. The molecule has 0 radical (unpaired) electrons. The lowest BCUT2D eigenvalue weighted by molar-refractivity contribution is 0.505. The maximum Gasteiger partial charge on any atom is 0.135 e. The molecule has 0 saturated heterocycles. The van der Waals surface area contributed by atoms with Crippen molar-refractivity contribution < 1.29 is 0 Å². The lowest BCUT2D eigenvalue weighted by Crippen LogP contribution is -2.21. The fourth-order valence-electron chi connectivity index (χ4n) is 3.67. The summed E-state index contributed by atoms with van der Waals surface area (Å²) in [6, 6.07) is 10.8. The van der Waals surface area contributed by atoms with Crippen molar-refractivity contribution in [2.24, 2.45) is 5.41 Å². The van der Waals surface area contributed by atoms with Gasteiger partial charge in [0.05, 0.1) is 0 Å². The number of hydrogen-bond donors (Lipinski definition) is 0. The fourth-order valence-corrected chi connectivity index (χ4v) is 6.18. The van der Waals surface area contributed by atoms with Crippen LogP contribution in [0.15, 0.2) is 60.2 Å². The van der Waals surface area contributed by atoms with Gasteiger partial charge in [-0.05, 0) is 35.2 Å². The Kier molecular flexibility index (Phi) is 3.89. The first kappa shape index (κ1) is 14.7. The van der Waals surface area contributed by atoms with Crippen LogP contribution >= 0.6 is 11.1 Å². The zero-order valence-electron chi connectivity index (χ0n) is 12.9. The van der Waals surface area contributed by atoms with Gasteiger partial charge in [0, 0.05) is 11.0 Å². The first-order valence-corrected chi connectivity index (χ1v) is 10.1. The topological polar surface area (TPSA) is 0 Å². The van der Waals surface area contributed by atoms with Gasteiger partial charge in [0.1, 0.15) is 7.72 Å². The van der Waals surface area contributed by atoms with E-state index in [1.807, 2.05) is 0 Å². The number of halogens is 1. The van der Waals surface area contributed by atoms with Gasteiger partial charge in [0.15, 0.2) is 0 Å². The Morgan fingerprint density at radius 1 is 1.19 bits per heavy atom. The van der Waals surface area contributed by atoms with Crippen LogP contribution in [0.25, 0.3) is 5.57 Å². The Bertz CT molecular complexity index is 679. The van der Waals surface area contributed by atoms with Gasteiger partial charge >= 0.3 is 0 Å². The molecule has 2 heteroatoms. The highest BCUT2D eigenvalue weighted by Gasteiger charge is 2.38. The van der Waals surface area contributed by atoms with Gasteiger partial charge < -0.3 is 0 Å². The third-order valence-electron chi connectivity index (χ3n) is 4.75. The second-order valence-corrected chi connectivity index (χ2v) is 9.79. The minimum Gasteiger partial charge on any atom is -0.138 e. The standard InChI is InChI=1S/C19H21ClSi/c1-14-17(16-10-6-4-7-11-16)18(15(2)21(14)20)19(3)12-8-5-9-13-19/h4-12,15H,13H2,1-3H3. The second kappa shape index (κ2) is 5.55. The average Bonchev–Trinajstić information content (AvgIpc) is 2.74. The molecule has 1 aromatic rings. The number of benzene rings is 1. The van der Waals surface area contributed by atoms with E-state index in [2.05, 4.69) is 75.4 Å². The summed E-state index contributed by atoms with van der Waals surface area (Å²) in [5, 5.41) is 1.42. The summed E-state index contributed by atoms with van der Waals surface area (Å²) in [5.41, 5.74) is 4.86. The van der Waals surface area contributed by atoms with Crippen molar-refractivity contribution in [1.82, 2.24) is 0 Å². The SMILES string of the molecule is CC1=[Si](Cl)C(C)C(C2(C)C=CC=CC2)=C1c1ccccc1. The van der Waals surface area contributed by atoms with Crippen LogP contribution < -0.4 is 0 Å². The Hall–Kier alpha value is -1.18. The molecule has 0 amide bonds. The lowest BCUT2D eigenvalue weighted by Gasteiger charge is -2.33. The molecule has 0 nitrogen and oxygen atoms in total. The number of rotatable bonds is 2. The molecule has 2 aliphatic rings. The molecule has 0 spiro atoms. The van der Waals surface area contributed by atoms with Crippen LogP contribution in [-0.4, -0.2) is 12.9 Å². The van der Waals surface area contributed by atoms with Gasteiger partial charge in [-0.3, -0.25) is 0 Å². The van der Waals surface area contributed by atoms with Crippen molar-refractivity contribution in [1.29, 1.82) is 0 Å². The molecular formula is C19H21ClSi. The van der Waals surface area contributed by atoms with E-state index in [0.717, 1.165) is 6.42 Å². The summed E-state index contributed by atoms with van der Waals surface area (Å²) in [7, 11) is -0.985. The number of allylic oxidation sites excluding steroid dienone is 6. The van der Waals surface area contributed by atoms with Crippen LogP contribution in [0.4, 0.5) is 0 Å². The molecule has 0 bridgehead atoms. The first-order chi connectivity index (χ1) is 10.0. The van der Waals surface area contributed by atoms with E-state index in [9.17, 15) is 0 Å². The van der Waals surface area contributed by atoms with Gasteiger partial charge in [-0.1, -0.05) is 68.5 Å². The van der Waals surface area contributed by atoms with E-state index in [0.29, 0.717) is 5.54 Å². The Balaban J connectivity index is 2.21. The quantitative estimate of drug-likeness (QED) is 0.508. The monoisotopic (exact) mass is 312 g/mol. The van der Waals surface area contributed by atoms with E-state index in [1.54, 1.807) is 0 Å². The summed E-state index contributed by atoms with van der Waals surface area (Å²) in [4.78, 5) is 0. The molecule has 3 rings (SSSR count). The smallest absolute Gasteiger partial charge is 0.135 e. The zero-order valence-corrected chi connectivity index (χ0v) is 14.6. The molecule has 1 heterocycles. The predicted octanol–water partition coefficient (Wildman–Crippen LogP) is 5.37. The summed E-state index contributed by atoms with van der Waals surface area (Å²) >= 11 is 6.81. The molecular weight excluding hydrogens is 292 g/mol. The molecule has 0 N–H and O–H groups in total. The van der Waals surface area contributed by atoms with Gasteiger partial charge in [0.25, 0.3) is 0 Å². The van der Waals surface area contributed by atoms with Crippen molar-refractivity contribution in [3.8, 4) is 0 Å². The van der Waals surface area contributed by atoms with Gasteiger partial charge in [-0.2, -0.15) is 0 Å². The van der Waals surface area contributed by atoms with Gasteiger partial charge in [-0.15, -0.1) is 11.1 Å². The zero-order chi connectivity index (χ0) is 15.0. The molecule has 108 valence electrons. The minimum atomic E-state index is -0.985. The van der Waals surface area contributed by atoms with Crippen LogP contribution in [0.2, 0.25) is 5.54 Å². The normalized spacial score (nSPS) is 28.7. The summed E-state index contributed by atoms with van der Waals surface area (Å²) in [5.74, 6) is 0. The fraction of sp³-hybridized carbons (Fsp3) is 0.316. The van der Waals surface area contributed by atoms with E-state index < -0.39 is 7.72 Å². The highest BCUT2D eigenvalue weighted by molar-refractivity contribution is 7.14. The lowest BCUT2D eigenvalue weighted by atomic mass is 9.72.